The van der Waals surface area contributed by atoms with Crippen LogP contribution in [0.2, 0.25) is 5.02 Å². The van der Waals surface area contributed by atoms with E-state index in [4.69, 9.17) is 22.3 Å². The predicted octanol–water partition coefficient (Wildman–Crippen LogP) is 4.60. The highest BCUT2D eigenvalue weighted by Crippen LogP contribution is 2.35. The molecule has 0 saturated carbocycles. The van der Waals surface area contributed by atoms with Crippen molar-refractivity contribution in [2.75, 3.05) is 5.73 Å². The number of nitrogens with zero attached hydrogens (tertiary/aromatic N) is 4. The zero-order valence-corrected chi connectivity index (χ0v) is 14.6. The van der Waals surface area contributed by atoms with Crippen LogP contribution in [0.1, 0.15) is 25.5 Å². The third kappa shape index (κ3) is 2.57. The SMILES string of the molecule is CC(C)c1cnc2c(cc(N)c3nncc32)c(-c2ccccc2Cl)n1. The van der Waals surface area contributed by atoms with Crippen molar-refractivity contribution >= 4 is 39.1 Å². The number of aromatic nitrogens is 4. The van der Waals surface area contributed by atoms with Gasteiger partial charge in [-0.1, -0.05) is 43.6 Å². The van der Waals surface area contributed by atoms with Gasteiger partial charge >= 0.3 is 0 Å². The summed E-state index contributed by atoms with van der Waals surface area (Å²) in [7, 11) is 0. The third-order valence-corrected chi connectivity index (χ3v) is 4.56. The van der Waals surface area contributed by atoms with Gasteiger partial charge in [0.2, 0.25) is 0 Å². The molecule has 0 aliphatic carbocycles. The van der Waals surface area contributed by atoms with Gasteiger partial charge in [-0.05, 0) is 18.1 Å². The molecule has 124 valence electrons. The summed E-state index contributed by atoms with van der Waals surface area (Å²) in [6.45, 7) is 4.17. The Morgan fingerprint density at radius 2 is 1.84 bits per heavy atom. The summed E-state index contributed by atoms with van der Waals surface area (Å²) in [5, 5.41) is 10.4. The standard InChI is InChI=1S/C19H16ClN5/c1-10(2)16-9-22-17-12(7-15(21)19-13(17)8-23-25-19)18(24-16)11-5-3-4-6-14(11)20/h3-10H,21H2,1-2H3. The van der Waals surface area contributed by atoms with Crippen molar-refractivity contribution in [3.05, 3.63) is 53.4 Å². The summed E-state index contributed by atoms with van der Waals surface area (Å²) in [5.41, 5.74) is 10.7. The zero-order chi connectivity index (χ0) is 17.6. The highest BCUT2D eigenvalue weighted by molar-refractivity contribution is 6.33. The number of hydrogen-bond acceptors (Lipinski definition) is 5. The number of nitrogen functional groups attached to an aromatic ring is 1. The number of fused-ring (bicyclic) bond motifs is 3. The van der Waals surface area contributed by atoms with Gasteiger partial charge in [0.05, 0.1) is 34.2 Å². The monoisotopic (exact) mass is 349 g/mol. The number of rotatable bonds is 2. The van der Waals surface area contributed by atoms with E-state index < -0.39 is 0 Å². The number of halogens is 1. The second kappa shape index (κ2) is 5.93. The molecule has 0 atom stereocenters. The minimum absolute atomic E-state index is 0.222. The lowest BCUT2D eigenvalue weighted by molar-refractivity contribution is 0.823. The van der Waals surface area contributed by atoms with E-state index in [-0.39, 0.29) is 5.92 Å². The molecule has 25 heavy (non-hydrogen) atoms. The highest BCUT2D eigenvalue weighted by Gasteiger charge is 2.16. The first-order valence-electron chi connectivity index (χ1n) is 8.01. The summed E-state index contributed by atoms with van der Waals surface area (Å²) in [5.74, 6) is 0.222. The average Bonchev–Trinajstić information content (AvgIpc) is 3.00. The molecule has 2 aromatic heterocycles. The number of nitrogens with two attached hydrogens (primary N) is 1. The molecule has 0 saturated heterocycles. The summed E-state index contributed by atoms with van der Waals surface area (Å²) in [4.78, 5) is 9.56. The lowest BCUT2D eigenvalue weighted by Gasteiger charge is -2.07. The van der Waals surface area contributed by atoms with E-state index in [1.165, 1.54) is 0 Å². The fraction of sp³-hybridized carbons (Fsp3) is 0.158. The van der Waals surface area contributed by atoms with Gasteiger partial charge in [0.15, 0.2) is 0 Å². The first kappa shape index (κ1) is 15.7. The van der Waals surface area contributed by atoms with Crippen molar-refractivity contribution < 1.29 is 0 Å². The number of benzene rings is 2. The second-order valence-electron chi connectivity index (χ2n) is 6.25. The van der Waals surface area contributed by atoms with Crippen molar-refractivity contribution in [3.8, 4) is 11.3 Å². The van der Waals surface area contributed by atoms with Gasteiger partial charge in [0, 0.05) is 22.2 Å². The maximum absolute atomic E-state index is 6.45. The molecule has 2 N–H and O–H groups in total. The van der Waals surface area contributed by atoms with E-state index in [0.717, 1.165) is 33.2 Å². The van der Waals surface area contributed by atoms with Crippen LogP contribution in [-0.4, -0.2) is 20.2 Å². The van der Waals surface area contributed by atoms with Gasteiger partial charge in [-0.15, -0.1) is 5.10 Å². The zero-order valence-electron chi connectivity index (χ0n) is 13.9. The molecule has 6 heteroatoms. The Bertz CT molecular complexity index is 1110. The van der Waals surface area contributed by atoms with Gasteiger partial charge in [-0.3, -0.25) is 9.97 Å². The van der Waals surface area contributed by atoms with E-state index in [9.17, 15) is 0 Å². The molecule has 0 amide bonds. The maximum atomic E-state index is 6.45. The van der Waals surface area contributed by atoms with E-state index >= 15 is 0 Å². The molecule has 2 heterocycles. The van der Waals surface area contributed by atoms with Crippen molar-refractivity contribution in [1.29, 1.82) is 0 Å². The van der Waals surface area contributed by atoms with Gasteiger partial charge in [-0.25, -0.2) is 0 Å². The summed E-state index contributed by atoms with van der Waals surface area (Å²) in [6, 6.07) is 9.51. The second-order valence-corrected chi connectivity index (χ2v) is 6.65. The average molecular weight is 350 g/mol. The van der Waals surface area contributed by atoms with E-state index in [0.29, 0.717) is 16.2 Å². The molecule has 2 aromatic carbocycles. The van der Waals surface area contributed by atoms with E-state index in [2.05, 4.69) is 29.0 Å². The van der Waals surface area contributed by atoms with Crippen LogP contribution in [0.5, 0.6) is 0 Å². The van der Waals surface area contributed by atoms with Crippen LogP contribution in [0.25, 0.3) is 33.1 Å². The number of hydrogen-bond donors (Lipinski definition) is 1. The van der Waals surface area contributed by atoms with Crippen molar-refractivity contribution in [3.63, 3.8) is 0 Å². The molecule has 0 aliphatic rings. The molecule has 0 spiro atoms. The molecule has 0 fully saturated rings. The largest absolute Gasteiger partial charge is 0.397 e. The Morgan fingerprint density at radius 1 is 1.04 bits per heavy atom. The fourth-order valence-corrected chi connectivity index (χ4v) is 3.11. The quantitative estimate of drug-likeness (QED) is 0.535. The van der Waals surface area contributed by atoms with Crippen LogP contribution >= 0.6 is 11.6 Å². The maximum Gasteiger partial charge on any atom is 0.120 e. The van der Waals surface area contributed by atoms with Crippen molar-refractivity contribution in [1.82, 2.24) is 20.2 Å². The van der Waals surface area contributed by atoms with Crippen LogP contribution in [0.3, 0.4) is 0 Å². The molecule has 4 aromatic rings. The molecule has 5 nitrogen and oxygen atoms in total. The molecule has 0 bridgehead atoms. The lowest BCUT2D eigenvalue weighted by atomic mass is 10.0. The van der Waals surface area contributed by atoms with Gasteiger partial charge in [-0.2, -0.15) is 5.10 Å². The Hall–Kier alpha value is -2.79. The molecule has 4 rings (SSSR count). The number of anilines is 1. The Kier molecular flexibility index (Phi) is 3.73. The highest BCUT2D eigenvalue weighted by atomic mass is 35.5. The smallest absolute Gasteiger partial charge is 0.120 e. The van der Waals surface area contributed by atoms with Crippen LogP contribution in [0.4, 0.5) is 5.69 Å². The summed E-state index contributed by atoms with van der Waals surface area (Å²) in [6.07, 6.45) is 3.49. The molecule has 0 unspecified atom stereocenters. The normalized spacial score (nSPS) is 11.5. The molecule has 0 aliphatic heterocycles. The summed E-state index contributed by atoms with van der Waals surface area (Å²) >= 11 is 6.45. The van der Waals surface area contributed by atoms with Gasteiger partial charge < -0.3 is 5.73 Å². The van der Waals surface area contributed by atoms with Crippen LogP contribution in [0, 0.1) is 0 Å². The fourth-order valence-electron chi connectivity index (χ4n) is 2.89. The Balaban J connectivity index is 2.22. The van der Waals surface area contributed by atoms with Crippen LogP contribution in [-0.2, 0) is 0 Å². The van der Waals surface area contributed by atoms with Crippen molar-refractivity contribution in [2.45, 2.75) is 19.8 Å². The topological polar surface area (TPSA) is 77.6 Å². The van der Waals surface area contributed by atoms with Crippen molar-refractivity contribution in [2.24, 2.45) is 0 Å². The predicted molar refractivity (Wildman–Crippen MR) is 102 cm³/mol. The van der Waals surface area contributed by atoms with E-state index in [1.54, 1.807) is 12.4 Å². The first-order valence-corrected chi connectivity index (χ1v) is 8.39. The Labute approximate surface area is 149 Å². The Morgan fingerprint density at radius 3 is 2.60 bits per heavy atom. The molecule has 0 radical (unpaired) electrons. The minimum atomic E-state index is 0.222. The van der Waals surface area contributed by atoms with Crippen LogP contribution < -0.4 is 5.73 Å². The van der Waals surface area contributed by atoms with Crippen LogP contribution in [0.15, 0.2) is 42.7 Å². The van der Waals surface area contributed by atoms with E-state index in [1.807, 2.05) is 30.3 Å². The minimum Gasteiger partial charge on any atom is -0.397 e. The van der Waals surface area contributed by atoms with Gasteiger partial charge in [0.1, 0.15) is 5.52 Å². The summed E-state index contributed by atoms with van der Waals surface area (Å²) < 4.78 is 0. The molecular formula is C19H16ClN5. The first-order chi connectivity index (χ1) is 12.1. The molecular weight excluding hydrogens is 334 g/mol. The lowest BCUT2D eigenvalue weighted by Crippen LogP contribution is -1.93. The third-order valence-electron chi connectivity index (χ3n) is 4.23. The van der Waals surface area contributed by atoms with Gasteiger partial charge in [0.25, 0.3) is 0 Å².